The van der Waals surface area contributed by atoms with Crippen molar-refractivity contribution in [3.8, 4) is 0 Å². The van der Waals surface area contributed by atoms with E-state index in [0.717, 1.165) is 5.56 Å². The number of nitrogen functional groups attached to an aromatic ring is 1. The topological polar surface area (TPSA) is 68.0 Å². The third-order valence-electron chi connectivity index (χ3n) is 2.27. The molecule has 0 fully saturated rings. The molecule has 4 nitrogen and oxygen atoms in total. The third kappa shape index (κ3) is 2.57. The van der Waals surface area contributed by atoms with Crippen LogP contribution in [0.5, 0.6) is 0 Å². The van der Waals surface area contributed by atoms with Crippen LogP contribution in [0, 0.1) is 6.92 Å². The van der Waals surface area contributed by atoms with Gasteiger partial charge in [0.05, 0.1) is 0 Å². The maximum absolute atomic E-state index is 11.8. The van der Waals surface area contributed by atoms with E-state index in [0.29, 0.717) is 21.5 Å². The van der Waals surface area contributed by atoms with Crippen LogP contribution >= 0.6 is 22.9 Å². The van der Waals surface area contributed by atoms with Gasteiger partial charge in [0.2, 0.25) is 0 Å². The Balaban J connectivity index is 2.21. The molecule has 6 heteroatoms. The molecule has 1 heterocycles. The molecule has 0 unspecified atom stereocenters. The number of rotatable bonds is 2. The van der Waals surface area contributed by atoms with Crippen LogP contribution in [0.4, 0.5) is 10.8 Å². The number of nitrogens with two attached hydrogens (primary N) is 1. The smallest absolute Gasteiger partial charge is 0.275 e. The van der Waals surface area contributed by atoms with Gasteiger partial charge in [0.15, 0.2) is 5.13 Å². The van der Waals surface area contributed by atoms with Crippen LogP contribution in [0.15, 0.2) is 23.6 Å². The fourth-order valence-electron chi connectivity index (χ4n) is 1.32. The highest BCUT2D eigenvalue weighted by molar-refractivity contribution is 7.13. The Morgan fingerprint density at radius 3 is 2.94 bits per heavy atom. The number of halogens is 1. The number of hydrogen-bond acceptors (Lipinski definition) is 4. The largest absolute Gasteiger partial charge is 0.375 e. The van der Waals surface area contributed by atoms with Crippen LogP contribution in [0.25, 0.3) is 0 Å². The zero-order valence-corrected chi connectivity index (χ0v) is 10.6. The van der Waals surface area contributed by atoms with Crippen molar-refractivity contribution in [2.24, 2.45) is 0 Å². The summed E-state index contributed by atoms with van der Waals surface area (Å²) in [6.45, 7) is 1.84. The summed E-state index contributed by atoms with van der Waals surface area (Å²) in [5.74, 6) is -0.289. The van der Waals surface area contributed by atoms with Crippen LogP contribution in [0.2, 0.25) is 5.02 Å². The maximum Gasteiger partial charge on any atom is 0.275 e. The summed E-state index contributed by atoms with van der Waals surface area (Å²) >= 11 is 7.19. The van der Waals surface area contributed by atoms with Crippen molar-refractivity contribution in [1.82, 2.24) is 4.98 Å². The summed E-state index contributed by atoms with van der Waals surface area (Å²) < 4.78 is 0. The zero-order chi connectivity index (χ0) is 12.4. The molecule has 88 valence electrons. The Morgan fingerprint density at radius 2 is 2.29 bits per heavy atom. The zero-order valence-electron chi connectivity index (χ0n) is 9.03. The number of anilines is 2. The predicted molar refractivity (Wildman–Crippen MR) is 70.7 cm³/mol. The molecule has 0 aliphatic carbocycles. The number of amides is 1. The van der Waals surface area contributed by atoms with Gasteiger partial charge in [-0.2, -0.15) is 0 Å². The van der Waals surface area contributed by atoms with Gasteiger partial charge < -0.3 is 11.1 Å². The third-order valence-corrected chi connectivity index (χ3v) is 3.35. The molecule has 1 aromatic carbocycles. The van der Waals surface area contributed by atoms with E-state index in [4.69, 9.17) is 17.3 Å². The van der Waals surface area contributed by atoms with Gasteiger partial charge in [-0.15, -0.1) is 11.3 Å². The van der Waals surface area contributed by atoms with E-state index in [1.807, 2.05) is 6.92 Å². The van der Waals surface area contributed by atoms with Crippen LogP contribution in [-0.2, 0) is 0 Å². The van der Waals surface area contributed by atoms with Crippen molar-refractivity contribution in [2.75, 3.05) is 11.1 Å². The number of benzene rings is 1. The number of thiazole rings is 1. The maximum atomic E-state index is 11.8. The lowest BCUT2D eigenvalue weighted by Gasteiger charge is -2.07. The van der Waals surface area contributed by atoms with Gasteiger partial charge in [-0.25, -0.2) is 4.98 Å². The fraction of sp³-hybridized carbons (Fsp3) is 0.0909. The minimum absolute atomic E-state index is 0.289. The van der Waals surface area contributed by atoms with E-state index < -0.39 is 0 Å². The summed E-state index contributed by atoms with van der Waals surface area (Å²) in [5.41, 5.74) is 7.28. The lowest BCUT2D eigenvalue weighted by molar-refractivity contribution is 0.102. The molecule has 0 saturated heterocycles. The monoisotopic (exact) mass is 267 g/mol. The van der Waals surface area contributed by atoms with Gasteiger partial charge in [-0.1, -0.05) is 17.7 Å². The van der Waals surface area contributed by atoms with Crippen molar-refractivity contribution in [2.45, 2.75) is 6.92 Å². The average Bonchev–Trinajstić information content (AvgIpc) is 2.72. The molecule has 2 aromatic rings. The van der Waals surface area contributed by atoms with E-state index >= 15 is 0 Å². The molecule has 0 radical (unpaired) electrons. The van der Waals surface area contributed by atoms with Gasteiger partial charge in [-0.05, 0) is 24.6 Å². The normalized spacial score (nSPS) is 10.2. The summed E-state index contributed by atoms with van der Waals surface area (Å²) in [5, 5.41) is 5.35. The first-order valence-electron chi connectivity index (χ1n) is 4.85. The molecule has 17 heavy (non-hydrogen) atoms. The van der Waals surface area contributed by atoms with E-state index in [9.17, 15) is 4.79 Å². The van der Waals surface area contributed by atoms with E-state index in [-0.39, 0.29) is 5.91 Å². The van der Waals surface area contributed by atoms with E-state index in [2.05, 4.69) is 10.3 Å². The molecular formula is C11H10ClN3OS. The average molecular weight is 268 g/mol. The predicted octanol–water partition coefficient (Wildman–Crippen LogP) is 2.94. The van der Waals surface area contributed by atoms with Crippen molar-refractivity contribution in [1.29, 1.82) is 0 Å². The molecule has 0 aliphatic rings. The van der Waals surface area contributed by atoms with Gasteiger partial charge in [0.25, 0.3) is 5.91 Å². The number of aromatic nitrogens is 1. The summed E-state index contributed by atoms with van der Waals surface area (Å²) in [6.07, 6.45) is 0. The second-order valence-electron chi connectivity index (χ2n) is 3.44. The highest BCUT2D eigenvalue weighted by Gasteiger charge is 2.11. The van der Waals surface area contributed by atoms with Gasteiger partial charge >= 0.3 is 0 Å². The minimum atomic E-state index is -0.289. The Bertz CT molecular complexity index is 568. The first-order valence-corrected chi connectivity index (χ1v) is 6.11. The number of hydrogen-bond donors (Lipinski definition) is 2. The van der Waals surface area contributed by atoms with Gasteiger partial charge in [0.1, 0.15) is 5.69 Å². The highest BCUT2D eigenvalue weighted by atomic mass is 35.5. The van der Waals surface area contributed by atoms with Crippen LogP contribution in [-0.4, -0.2) is 10.9 Å². The first-order chi connectivity index (χ1) is 8.08. The fourth-order valence-corrected chi connectivity index (χ4v) is 2.04. The molecule has 0 saturated carbocycles. The molecule has 2 rings (SSSR count). The first kappa shape index (κ1) is 11.9. The van der Waals surface area contributed by atoms with Crippen LogP contribution in [0.1, 0.15) is 16.1 Å². The second-order valence-corrected chi connectivity index (χ2v) is 4.73. The molecular weight excluding hydrogens is 258 g/mol. The molecule has 0 aliphatic heterocycles. The quantitative estimate of drug-likeness (QED) is 0.879. The van der Waals surface area contributed by atoms with Crippen molar-refractivity contribution >= 4 is 39.7 Å². The molecule has 3 N–H and O–H groups in total. The lowest BCUT2D eigenvalue weighted by atomic mass is 10.2. The van der Waals surface area contributed by atoms with E-state index in [1.165, 1.54) is 11.3 Å². The van der Waals surface area contributed by atoms with Crippen molar-refractivity contribution in [3.05, 3.63) is 39.9 Å². The number of carbonyl (C=O) groups is 1. The highest BCUT2D eigenvalue weighted by Crippen LogP contribution is 2.23. The van der Waals surface area contributed by atoms with Crippen LogP contribution < -0.4 is 11.1 Å². The second kappa shape index (κ2) is 4.73. The standard InChI is InChI=1S/C11H10ClN3OS/c1-6-7(12)3-2-4-8(6)14-10(16)9-5-17-11(13)15-9/h2-5H,1H3,(H2,13,15)(H,14,16). The van der Waals surface area contributed by atoms with Crippen LogP contribution in [0.3, 0.4) is 0 Å². The molecule has 1 aromatic heterocycles. The summed E-state index contributed by atoms with van der Waals surface area (Å²) in [7, 11) is 0. The summed E-state index contributed by atoms with van der Waals surface area (Å²) in [6, 6.07) is 5.34. The van der Waals surface area contributed by atoms with Crippen molar-refractivity contribution < 1.29 is 4.79 Å². The Hall–Kier alpha value is -1.59. The van der Waals surface area contributed by atoms with Crippen molar-refractivity contribution in [3.63, 3.8) is 0 Å². The van der Waals surface area contributed by atoms with Gasteiger partial charge in [-0.3, -0.25) is 4.79 Å². The number of carbonyl (C=O) groups excluding carboxylic acids is 1. The number of nitrogens with zero attached hydrogens (tertiary/aromatic N) is 1. The van der Waals surface area contributed by atoms with E-state index in [1.54, 1.807) is 23.6 Å². The Labute approximate surface area is 107 Å². The molecule has 0 bridgehead atoms. The molecule has 0 atom stereocenters. The van der Waals surface area contributed by atoms with Gasteiger partial charge in [0, 0.05) is 16.1 Å². The lowest BCUT2D eigenvalue weighted by Crippen LogP contribution is -2.13. The number of nitrogens with one attached hydrogen (secondary N) is 1. The Kier molecular flexibility index (Phi) is 3.31. The molecule has 0 spiro atoms. The molecule has 1 amide bonds. The summed E-state index contributed by atoms with van der Waals surface area (Å²) in [4.78, 5) is 15.7. The Morgan fingerprint density at radius 1 is 1.53 bits per heavy atom. The minimum Gasteiger partial charge on any atom is -0.375 e. The SMILES string of the molecule is Cc1c(Cl)cccc1NC(=O)c1csc(N)n1.